The molecule has 0 amide bonds. The van der Waals surface area contributed by atoms with Gasteiger partial charge in [-0.05, 0) is 18.2 Å². The van der Waals surface area contributed by atoms with Gasteiger partial charge in [0.1, 0.15) is 11.6 Å². The Morgan fingerprint density at radius 2 is 2.24 bits per heavy atom. The number of aliphatic hydroxyl groups is 1. The van der Waals surface area contributed by atoms with Crippen LogP contribution in [0.1, 0.15) is 11.7 Å². The smallest absolute Gasteiger partial charge is 0.319 e. The lowest BCUT2D eigenvalue weighted by Crippen LogP contribution is -2.28. The van der Waals surface area contributed by atoms with Gasteiger partial charge in [0.2, 0.25) is 0 Å². The summed E-state index contributed by atoms with van der Waals surface area (Å²) in [6.45, 7) is -0.181. The van der Waals surface area contributed by atoms with E-state index in [0.717, 1.165) is 18.2 Å². The van der Waals surface area contributed by atoms with E-state index >= 15 is 0 Å². The Morgan fingerprint density at radius 1 is 1.53 bits per heavy atom. The van der Waals surface area contributed by atoms with Crippen molar-refractivity contribution in [3.05, 3.63) is 35.4 Å². The summed E-state index contributed by atoms with van der Waals surface area (Å²) in [4.78, 5) is 10.8. The second kappa shape index (κ2) is 6.27. The molecule has 0 saturated heterocycles. The summed E-state index contributed by atoms with van der Waals surface area (Å²) < 4.78 is 30.4. The van der Waals surface area contributed by atoms with Crippen molar-refractivity contribution in [1.29, 1.82) is 0 Å². The van der Waals surface area contributed by atoms with E-state index in [1.807, 2.05) is 0 Å². The van der Waals surface area contributed by atoms with Crippen LogP contribution in [0.15, 0.2) is 18.2 Å². The molecular weight excluding hydrogens is 232 g/mol. The van der Waals surface area contributed by atoms with Crippen LogP contribution in [0.4, 0.5) is 8.78 Å². The lowest BCUT2D eigenvalue weighted by Gasteiger charge is -2.12. The Balaban J connectivity index is 2.54. The molecule has 17 heavy (non-hydrogen) atoms. The number of carbonyl (C=O) groups is 1. The van der Waals surface area contributed by atoms with Crippen molar-refractivity contribution in [1.82, 2.24) is 5.32 Å². The van der Waals surface area contributed by atoms with Crippen molar-refractivity contribution in [2.75, 3.05) is 20.2 Å². The van der Waals surface area contributed by atoms with Gasteiger partial charge in [-0.1, -0.05) is 0 Å². The lowest BCUT2D eigenvalue weighted by atomic mass is 10.1. The number of hydrogen-bond acceptors (Lipinski definition) is 4. The van der Waals surface area contributed by atoms with Crippen LogP contribution in [0.5, 0.6) is 0 Å². The number of rotatable bonds is 5. The van der Waals surface area contributed by atoms with Crippen molar-refractivity contribution in [2.45, 2.75) is 6.10 Å². The fourth-order valence-electron chi connectivity index (χ4n) is 1.26. The molecule has 0 heterocycles. The molecule has 1 aromatic rings. The van der Waals surface area contributed by atoms with Gasteiger partial charge in [0.05, 0.1) is 19.8 Å². The monoisotopic (exact) mass is 245 g/mol. The highest BCUT2D eigenvalue weighted by atomic mass is 19.1. The Hall–Kier alpha value is -1.53. The molecule has 0 radical (unpaired) electrons. The van der Waals surface area contributed by atoms with Crippen LogP contribution in [0, 0.1) is 11.6 Å². The maximum absolute atomic E-state index is 13.2. The number of ether oxygens (including phenoxy) is 1. The predicted octanol–water partition coefficient (Wildman–Crippen LogP) is 0.761. The number of nitrogens with one attached hydrogen (secondary N) is 1. The van der Waals surface area contributed by atoms with Crippen LogP contribution in [-0.4, -0.2) is 31.3 Å². The first-order valence-electron chi connectivity index (χ1n) is 4.95. The quantitative estimate of drug-likeness (QED) is 0.752. The zero-order valence-electron chi connectivity index (χ0n) is 9.24. The summed E-state index contributed by atoms with van der Waals surface area (Å²) in [6, 6.07) is 2.82. The zero-order chi connectivity index (χ0) is 12.8. The number of methoxy groups -OCH3 is 1. The van der Waals surface area contributed by atoms with E-state index in [1.54, 1.807) is 0 Å². The highest BCUT2D eigenvalue weighted by Crippen LogP contribution is 2.17. The van der Waals surface area contributed by atoms with Crippen molar-refractivity contribution < 1.29 is 23.4 Å². The fraction of sp³-hybridized carbons (Fsp3) is 0.364. The van der Waals surface area contributed by atoms with E-state index in [0.29, 0.717) is 0 Å². The third-order valence-corrected chi connectivity index (χ3v) is 2.15. The van der Waals surface area contributed by atoms with Crippen LogP contribution >= 0.6 is 0 Å². The van der Waals surface area contributed by atoms with Gasteiger partial charge in [0, 0.05) is 12.1 Å². The molecule has 6 heteroatoms. The largest absolute Gasteiger partial charge is 0.468 e. The SMILES string of the molecule is COC(=O)CNCC(O)c1cc(F)ccc1F. The van der Waals surface area contributed by atoms with E-state index in [-0.39, 0.29) is 18.7 Å². The van der Waals surface area contributed by atoms with E-state index in [2.05, 4.69) is 10.1 Å². The molecule has 94 valence electrons. The minimum atomic E-state index is -1.23. The van der Waals surface area contributed by atoms with Gasteiger partial charge >= 0.3 is 5.97 Å². The number of benzene rings is 1. The number of esters is 1. The van der Waals surface area contributed by atoms with Crippen molar-refractivity contribution in [2.24, 2.45) is 0 Å². The normalized spacial score (nSPS) is 12.2. The highest BCUT2D eigenvalue weighted by molar-refractivity contribution is 5.71. The average Bonchev–Trinajstić information content (AvgIpc) is 2.31. The van der Waals surface area contributed by atoms with Crippen LogP contribution in [-0.2, 0) is 9.53 Å². The molecule has 1 atom stereocenters. The van der Waals surface area contributed by atoms with E-state index < -0.39 is 23.7 Å². The van der Waals surface area contributed by atoms with Crippen LogP contribution in [0.2, 0.25) is 0 Å². The van der Waals surface area contributed by atoms with E-state index in [1.165, 1.54) is 7.11 Å². The second-order valence-electron chi connectivity index (χ2n) is 3.39. The molecule has 0 aliphatic rings. The molecule has 0 aromatic heterocycles. The van der Waals surface area contributed by atoms with Crippen LogP contribution in [0.25, 0.3) is 0 Å². The highest BCUT2D eigenvalue weighted by Gasteiger charge is 2.14. The number of aliphatic hydroxyl groups excluding tert-OH is 1. The molecule has 1 unspecified atom stereocenters. The standard InChI is InChI=1S/C11H13F2NO3/c1-17-11(16)6-14-5-10(15)8-4-7(12)2-3-9(8)13/h2-4,10,14-15H,5-6H2,1H3. The zero-order valence-corrected chi connectivity index (χ0v) is 9.24. The van der Waals surface area contributed by atoms with Crippen LogP contribution in [0.3, 0.4) is 0 Å². The van der Waals surface area contributed by atoms with E-state index in [4.69, 9.17) is 0 Å². The van der Waals surface area contributed by atoms with Gasteiger partial charge < -0.3 is 15.2 Å². The first kappa shape index (κ1) is 13.5. The molecule has 0 bridgehead atoms. The second-order valence-corrected chi connectivity index (χ2v) is 3.39. The van der Waals surface area contributed by atoms with Gasteiger partial charge in [0.15, 0.2) is 0 Å². The molecule has 0 aliphatic carbocycles. The molecule has 1 aromatic carbocycles. The molecule has 0 aliphatic heterocycles. The number of hydrogen-bond donors (Lipinski definition) is 2. The molecule has 4 nitrogen and oxygen atoms in total. The minimum Gasteiger partial charge on any atom is -0.468 e. The Bertz CT molecular complexity index is 398. The average molecular weight is 245 g/mol. The molecule has 0 saturated carbocycles. The van der Waals surface area contributed by atoms with Gasteiger partial charge in [-0.15, -0.1) is 0 Å². The first-order valence-corrected chi connectivity index (χ1v) is 4.95. The Morgan fingerprint density at radius 3 is 2.88 bits per heavy atom. The summed E-state index contributed by atoms with van der Waals surface area (Å²) in [5.74, 6) is -1.83. The van der Waals surface area contributed by atoms with Crippen molar-refractivity contribution in [3.63, 3.8) is 0 Å². The maximum Gasteiger partial charge on any atom is 0.319 e. The predicted molar refractivity (Wildman–Crippen MR) is 56.2 cm³/mol. The topological polar surface area (TPSA) is 58.6 Å². The maximum atomic E-state index is 13.2. The van der Waals surface area contributed by atoms with Crippen molar-refractivity contribution >= 4 is 5.97 Å². The third-order valence-electron chi connectivity index (χ3n) is 2.15. The van der Waals surface area contributed by atoms with Crippen LogP contribution < -0.4 is 5.32 Å². The molecule has 0 fully saturated rings. The third kappa shape index (κ3) is 4.08. The summed E-state index contributed by atoms with van der Waals surface area (Å²) in [7, 11) is 1.23. The summed E-state index contributed by atoms with van der Waals surface area (Å²) in [6.07, 6.45) is -1.23. The first-order chi connectivity index (χ1) is 8.04. The van der Waals surface area contributed by atoms with Gasteiger partial charge in [0.25, 0.3) is 0 Å². The summed E-state index contributed by atoms with van der Waals surface area (Å²) >= 11 is 0. The van der Waals surface area contributed by atoms with Crippen molar-refractivity contribution in [3.8, 4) is 0 Å². The van der Waals surface area contributed by atoms with Gasteiger partial charge in [-0.2, -0.15) is 0 Å². The van der Waals surface area contributed by atoms with Gasteiger partial charge in [-0.3, -0.25) is 4.79 Å². The summed E-state index contributed by atoms with van der Waals surface area (Å²) in [5, 5.41) is 12.2. The molecule has 1 rings (SSSR count). The number of carbonyl (C=O) groups excluding carboxylic acids is 1. The van der Waals surface area contributed by atoms with Gasteiger partial charge in [-0.25, -0.2) is 8.78 Å². The Labute approximate surface area is 97.2 Å². The molecule has 2 N–H and O–H groups in total. The Kier molecular flexibility index (Phi) is 4.99. The minimum absolute atomic E-state index is 0.0739. The number of halogens is 2. The molecular formula is C11H13F2NO3. The van der Waals surface area contributed by atoms with E-state index in [9.17, 15) is 18.7 Å². The fourth-order valence-corrected chi connectivity index (χ4v) is 1.26. The summed E-state index contributed by atoms with van der Waals surface area (Å²) in [5.41, 5.74) is -0.151. The molecule has 0 spiro atoms. The lowest BCUT2D eigenvalue weighted by molar-refractivity contribution is -0.139.